The van der Waals surface area contributed by atoms with Gasteiger partial charge in [0.25, 0.3) is 0 Å². The molecule has 4 rings (SSSR count). The SMILES string of the molecule is CN(CC(=O)/C=C1/N(C)c2ccccc2C1(C)C)Cc1ccccc1N1CCOCC1. The van der Waals surface area contributed by atoms with Crippen LogP contribution in [0, 0.1) is 0 Å². The van der Waals surface area contributed by atoms with Crippen LogP contribution in [-0.2, 0) is 21.5 Å². The van der Waals surface area contributed by atoms with Crippen LogP contribution in [0.1, 0.15) is 25.0 Å². The number of allylic oxidation sites excluding steroid dienone is 1. The van der Waals surface area contributed by atoms with E-state index in [1.807, 2.05) is 13.1 Å². The molecule has 2 heterocycles. The summed E-state index contributed by atoms with van der Waals surface area (Å²) in [6.45, 7) is 8.86. The summed E-state index contributed by atoms with van der Waals surface area (Å²) in [6, 6.07) is 16.9. The van der Waals surface area contributed by atoms with Crippen molar-refractivity contribution in [1.29, 1.82) is 0 Å². The summed E-state index contributed by atoms with van der Waals surface area (Å²) < 4.78 is 5.50. The third-order valence-electron chi connectivity index (χ3n) is 6.45. The molecule has 31 heavy (non-hydrogen) atoms. The average molecular weight is 420 g/mol. The maximum atomic E-state index is 13.0. The lowest BCUT2D eigenvalue weighted by Crippen LogP contribution is -2.37. The van der Waals surface area contributed by atoms with Crippen molar-refractivity contribution >= 4 is 17.2 Å². The fourth-order valence-electron chi connectivity index (χ4n) is 4.83. The topological polar surface area (TPSA) is 36.0 Å². The monoisotopic (exact) mass is 419 g/mol. The molecule has 0 aromatic heterocycles. The Kier molecular flexibility index (Phi) is 6.17. The molecule has 0 N–H and O–H groups in total. The van der Waals surface area contributed by atoms with E-state index in [1.165, 1.54) is 22.5 Å². The van der Waals surface area contributed by atoms with E-state index in [0.717, 1.165) is 38.5 Å². The van der Waals surface area contributed by atoms with Crippen LogP contribution in [0.15, 0.2) is 60.3 Å². The van der Waals surface area contributed by atoms with Crippen LogP contribution in [0.4, 0.5) is 11.4 Å². The molecule has 5 heteroatoms. The number of para-hydroxylation sites is 2. The fraction of sp³-hybridized carbons (Fsp3) is 0.423. The lowest BCUT2D eigenvalue weighted by atomic mass is 9.83. The van der Waals surface area contributed by atoms with Gasteiger partial charge in [0, 0.05) is 55.2 Å². The van der Waals surface area contributed by atoms with Crippen molar-refractivity contribution in [2.75, 3.05) is 56.7 Å². The van der Waals surface area contributed by atoms with Gasteiger partial charge in [0.1, 0.15) is 0 Å². The van der Waals surface area contributed by atoms with Crippen LogP contribution >= 0.6 is 0 Å². The number of benzene rings is 2. The summed E-state index contributed by atoms with van der Waals surface area (Å²) in [5.74, 6) is 0.133. The number of likely N-dealkylation sites (N-methyl/N-ethyl adjacent to an activating group) is 2. The predicted molar refractivity (Wildman–Crippen MR) is 127 cm³/mol. The van der Waals surface area contributed by atoms with Crippen LogP contribution < -0.4 is 9.80 Å². The highest BCUT2D eigenvalue weighted by Crippen LogP contribution is 2.46. The Balaban J connectivity index is 1.46. The van der Waals surface area contributed by atoms with E-state index in [4.69, 9.17) is 4.74 Å². The van der Waals surface area contributed by atoms with E-state index >= 15 is 0 Å². The van der Waals surface area contributed by atoms with Crippen molar-refractivity contribution in [3.8, 4) is 0 Å². The van der Waals surface area contributed by atoms with Gasteiger partial charge >= 0.3 is 0 Å². The zero-order valence-corrected chi connectivity index (χ0v) is 19.1. The minimum Gasteiger partial charge on any atom is -0.378 e. The lowest BCUT2D eigenvalue weighted by Gasteiger charge is -2.31. The molecule has 0 aliphatic carbocycles. The van der Waals surface area contributed by atoms with Crippen molar-refractivity contribution < 1.29 is 9.53 Å². The number of nitrogens with zero attached hydrogens (tertiary/aromatic N) is 3. The highest BCUT2D eigenvalue weighted by Gasteiger charge is 2.38. The molecule has 164 valence electrons. The summed E-state index contributed by atoms with van der Waals surface area (Å²) in [5.41, 5.74) is 5.82. The normalized spacial score (nSPS) is 19.2. The lowest BCUT2D eigenvalue weighted by molar-refractivity contribution is -0.115. The third kappa shape index (κ3) is 4.39. The molecule has 1 fully saturated rings. The van der Waals surface area contributed by atoms with E-state index in [2.05, 4.69) is 84.1 Å². The van der Waals surface area contributed by atoms with E-state index in [0.29, 0.717) is 6.54 Å². The molecule has 1 saturated heterocycles. The van der Waals surface area contributed by atoms with E-state index in [-0.39, 0.29) is 11.2 Å². The van der Waals surface area contributed by atoms with Crippen molar-refractivity contribution in [2.24, 2.45) is 0 Å². The number of anilines is 2. The van der Waals surface area contributed by atoms with Crippen LogP contribution in [0.2, 0.25) is 0 Å². The van der Waals surface area contributed by atoms with E-state index in [1.54, 1.807) is 0 Å². The molecule has 0 radical (unpaired) electrons. The Bertz CT molecular complexity index is 976. The van der Waals surface area contributed by atoms with Gasteiger partial charge in [0.15, 0.2) is 5.78 Å². The molecule has 2 aromatic rings. The van der Waals surface area contributed by atoms with Crippen LogP contribution in [0.25, 0.3) is 0 Å². The molecule has 2 aliphatic heterocycles. The standard InChI is InChI=1S/C26H33N3O2/c1-26(2)22-10-6-8-12-24(22)28(4)25(26)17-21(30)19-27(3)18-20-9-5-7-11-23(20)29-13-15-31-16-14-29/h5-12,17H,13-16,18-19H2,1-4H3/b25-17+. The zero-order valence-electron chi connectivity index (χ0n) is 19.1. The summed E-state index contributed by atoms with van der Waals surface area (Å²) in [5, 5.41) is 0. The maximum Gasteiger partial charge on any atom is 0.171 e. The van der Waals surface area contributed by atoms with Crippen molar-refractivity contribution in [3.63, 3.8) is 0 Å². The first-order valence-electron chi connectivity index (χ1n) is 11.1. The van der Waals surface area contributed by atoms with E-state index in [9.17, 15) is 4.79 Å². The molecule has 2 aromatic carbocycles. The number of carbonyl (C=O) groups excluding carboxylic acids is 1. The van der Waals surface area contributed by atoms with Gasteiger partial charge < -0.3 is 14.5 Å². The van der Waals surface area contributed by atoms with Crippen LogP contribution in [-0.4, -0.2) is 57.6 Å². The average Bonchev–Trinajstić information content (AvgIpc) is 2.95. The molecule has 0 unspecified atom stereocenters. The van der Waals surface area contributed by atoms with Gasteiger partial charge in [-0.2, -0.15) is 0 Å². The summed E-state index contributed by atoms with van der Waals surface area (Å²) in [7, 11) is 4.07. The van der Waals surface area contributed by atoms with Gasteiger partial charge in [-0.1, -0.05) is 50.2 Å². The van der Waals surface area contributed by atoms with E-state index < -0.39 is 0 Å². The third-order valence-corrected chi connectivity index (χ3v) is 6.45. The van der Waals surface area contributed by atoms with Gasteiger partial charge in [-0.05, 0) is 30.3 Å². The minimum atomic E-state index is -0.178. The first kappa shape index (κ1) is 21.6. The number of hydrogen-bond acceptors (Lipinski definition) is 5. The first-order valence-corrected chi connectivity index (χ1v) is 11.1. The van der Waals surface area contributed by atoms with Crippen LogP contribution in [0.3, 0.4) is 0 Å². The number of morpholine rings is 1. The maximum absolute atomic E-state index is 13.0. The highest BCUT2D eigenvalue weighted by molar-refractivity contribution is 5.94. The first-order chi connectivity index (χ1) is 14.9. The van der Waals surface area contributed by atoms with Crippen molar-refractivity contribution in [1.82, 2.24) is 4.90 Å². The Morgan fingerprint density at radius 1 is 1.06 bits per heavy atom. The Morgan fingerprint density at radius 2 is 1.71 bits per heavy atom. The smallest absolute Gasteiger partial charge is 0.171 e. The summed E-state index contributed by atoms with van der Waals surface area (Å²) in [6.07, 6.45) is 1.84. The molecule has 0 amide bonds. The molecule has 0 atom stereocenters. The number of fused-ring (bicyclic) bond motifs is 1. The van der Waals surface area contributed by atoms with Gasteiger partial charge in [0.2, 0.25) is 0 Å². The molecule has 2 aliphatic rings. The Morgan fingerprint density at radius 3 is 2.42 bits per heavy atom. The predicted octanol–water partition coefficient (Wildman–Crippen LogP) is 3.84. The fourth-order valence-corrected chi connectivity index (χ4v) is 4.83. The largest absolute Gasteiger partial charge is 0.378 e. The molecular weight excluding hydrogens is 386 g/mol. The van der Waals surface area contributed by atoms with Crippen molar-refractivity contribution in [2.45, 2.75) is 25.8 Å². The van der Waals surface area contributed by atoms with Gasteiger partial charge in [-0.3, -0.25) is 9.69 Å². The molecule has 0 spiro atoms. The molecule has 0 bridgehead atoms. The second-order valence-electron chi connectivity index (χ2n) is 9.10. The van der Waals surface area contributed by atoms with Crippen LogP contribution in [0.5, 0.6) is 0 Å². The number of carbonyl (C=O) groups is 1. The minimum absolute atomic E-state index is 0.133. The summed E-state index contributed by atoms with van der Waals surface area (Å²) in [4.78, 5) is 19.6. The number of ether oxygens (including phenoxy) is 1. The molecule has 0 saturated carbocycles. The number of rotatable bonds is 6. The summed E-state index contributed by atoms with van der Waals surface area (Å²) >= 11 is 0. The highest BCUT2D eigenvalue weighted by atomic mass is 16.5. The van der Waals surface area contributed by atoms with Gasteiger partial charge in [-0.15, -0.1) is 0 Å². The Labute approximate surface area is 185 Å². The molecule has 5 nitrogen and oxygen atoms in total. The second-order valence-corrected chi connectivity index (χ2v) is 9.10. The molecular formula is C26H33N3O2. The quantitative estimate of drug-likeness (QED) is 0.665. The van der Waals surface area contributed by atoms with Crippen molar-refractivity contribution in [3.05, 3.63) is 71.4 Å². The number of ketones is 1. The Hall–Kier alpha value is -2.63. The number of hydrogen-bond donors (Lipinski definition) is 0. The van der Waals surface area contributed by atoms with Gasteiger partial charge in [0.05, 0.1) is 19.8 Å². The second kappa shape index (κ2) is 8.85. The van der Waals surface area contributed by atoms with Gasteiger partial charge in [-0.25, -0.2) is 0 Å². The zero-order chi connectivity index (χ0) is 22.0.